The zero-order valence-corrected chi connectivity index (χ0v) is 9.86. The lowest BCUT2D eigenvalue weighted by Crippen LogP contribution is -2.41. The Bertz CT molecular complexity index is 495. The Morgan fingerprint density at radius 2 is 2.29 bits per heavy atom. The van der Waals surface area contributed by atoms with Gasteiger partial charge >= 0.3 is 5.97 Å². The summed E-state index contributed by atoms with van der Waals surface area (Å²) in [4.78, 5) is 16.9. The van der Waals surface area contributed by atoms with E-state index in [-0.39, 0.29) is 11.4 Å². The van der Waals surface area contributed by atoms with Crippen LogP contribution in [-0.2, 0) is 14.8 Å². The molecule has 0 amide bonds. The first-order chi connectivity index (χ1) is 7.86. The van der Waals surface area contributed by atoms with Gasteiger partial charge in [0.1, 0.15) is 11.9 Å². The Morgan fingerprint density at radius 1 is 1.65 bits per heavy atom. The topological polar surface area (TPSA) is 132 Å². The van der Waals surface area contributed by atoms with Gasteiger partial charge in [-0.15, -0.1) is 0 Å². The van der Waals surface area contributed by atoms with Gasteiger partial charge in [0.2, 0.25) is 0 Å². The minimum Gasteiger partial charge on any atom is -0.480 e. The average Bonchev–Trinajstić information content (AvgIpc) is 2.64. The van der Waals surface area contributed by atoms with E-state index in [0.29, 0.717) is 5.82 Å². The van der Waals surface area contributed by atoms with Gasteiger partial charge in [0, 0.05) is 6.61 Å². The van der Waals surface area contributed by atoms with Crippen LogP contribution in [0.25, 0.3) is 0 Å². The summed E-state index contributed by atoms with van der Waals surface area (Å²) in [6.45, 7) is 1.14. The zero-order chi connectivity index (χ0) is 13.1. The third-order valence-corrected chi connectivity index (χ3v) is 3.36. The van der Waals surface area contributed by atoms with Gasteiger partial charge in [0.05, 0.1) is 6.20 Å². The SMILES string of the molecule is Cc1ncc(S(=O)(=O)N[C@@H](CCO)C(=O)O)[nH]1. The quantitative estimate of drug-likeness (QED) is 0.511. The molecule has 17 heavy (non-hydrogen) atoms. The van der Waals surface area contributed by atoms with E-state index in [1.165, 1.54) is 0 Å². The molecule has 1 heterocycles. The maximum Gasteiger partial charge on any atom is 0.321 e. The molecule has 0 aliphatic carbocycles. The van der Waals surface area contributed by atoms with E-state index < -0.39 is 28.6 Å². The molecular weight excluding hydrogens is 250 g/mol. The first-order valence-corrected chi connectivity index (χ1v) is 6.22. The molecule has 0 bridgehead atoms. The number of imidazole rings is 1. The predicted octanol–water partition coefficient (Wildman–Crippen LogP) is -1.17. The maximum atomic E-state index is 11.7. The fourth-order valence-electron chi connectivity index (χ4n) is 1.15. The minimum atomic E-state index is -3.97. The summed E-state index contributed by atoms with van der Waals surface area (Å²) in [5, 5.41) is 17.2. The number of rotatable bonds is 6. The van der Waals surface area contributed by atoms with Crippen molar-refractivity contribution in [1.82, 2.24) is 14.7 Å². The van der Waals surface area contributed by atoms with Crippen LogP contribution >= 0.6 is 0 Å². The Labute approximate surface area is 97.7 Å². The number of carbonyl (C=O) groups is 1. The van der Waals surface area contributed by atoms with E-state index in [0.717, 1.165) is 6.20 Å². The van der Waals surface area contributed by atoms with Crippen molar-refractivity contribution in [3.05, 3.63) is 12.0 Å². The molecule has 0 aliphatic heterocycles. The number of H-pyrrole nitrogens is 1. The highest BCUT2D eigenvalue weighted by Gasteiger charge is 2.25. The molecular formula is C8H13N3O5S. The van der Waals surface area contributed by atoms with Crippen LogP contribution in [0, 0.1) is 6.92 Å². The van der Waals surface area contributed by atoms with Crippen molar-refractivity contribution in [1.29, 1.82) is 0 Å². The lowest BCUT2D eigenvalue weighted by atomic mass is 10.2. The summed E-state index contributed by atoms with van der Waals surface area (Å²) in [6.07, 6.45) is 0.886. The number of aromatic nitrogens is 2. The molecule has 1 aromatic rings. The highest BCUT2D eigenvalue weighted by atomic mass is 32.2. The smallest absolute Gasteiger partial charge is 0.321 e. The van der Waals surface area contributed by atoms with Gasteiger partial charge in [-0.2, -0.15) is 4.72 Å². The fraction of sp³-hybridized carbons (Fsp3) is 0.500. The van der Waals surface area contributed by atoms with Crippen molar-refractivity contribution >= 4 is 16.0 Å². The van der Waals surface area contributed by atoms with Gasteiger partial charge in [-0.25, -0.2) is 13.4 Å². The third kappa shape index (κ3) is 3.51. The Kier molecular flexibility index (Phi) is 4.21. The Morgan fingerprint density at radius 3 is 2.71 bits per heavy atom. The van der Waals surface area contributed by atoms with Crippen molar-refractivity contribution < 1.29 is 23.4 Å². The monoisotopic (exact) mass is 263 g/mol. The normalized spacial score (nSPS) is 13.5. The summed E-state index contributed by atoms with van der Waals surface area (Å²) < 4.78 is 25.4. The highest BCUT2D eigenvalue weighted by molar-refractivity contribution is 7.89. The Hall–Kier alpha value is -1.45. The van der Waals surface area contributed by atoms with Gasteiger partial charge in [-0.1, -0.05) is 0 Å². The number of nitrogens with zero attached hydrogens (tertiary/aromatic N) is 1. The third-order valence-electron chi connectivity index (χ3n) is 1.98. The molecule has 4 N–H and O–H groups in total. The first-order valence-electron chi connectivity index (χ1n) is 4.74. The minimum absolute atomic E-state index is 0.207. The van der Waals surface area contributed by atoms with Gasteiger partial charge in [-0.3, -0.25) is 4.79 Å². The number of hydrogen-bond acceptors (Lipinski definition) is 5. The van der Waals surface area contributed by atoms with Gasteiger partial charge in [-0.05, 0) is 13.3 Å². The number of carboxylic acids is 1. The number of aliphatic hydroxyl groups is 1. The lowest BCUT2D eigenvalue weighted by molar-refractivity contribution is -0.139. The van der Waals surface area contributed by atoms with Crippen LogP contribution in [0.15, 0.2) is 11.2 Å². The molecule has 0 fully saturated rings. The van der Waals surface area contributed by atoms with Crippen LogP contribution in [0.1, 0.15) is 12.2 Å². The number of aromatic amines is 1. The molecule has 1 rings (SSSR count). The van der Waals surface area contributed by atoms with Crippen molar-refractivity contribution in [2.24, 2.45) is 0 Å². The van der Waals surface area contributed by atoms with E-state index in [9.17, 15) is 13.2 Å². The summed E-state index contributed by atoms with van der Waals surface area (Å²) in [7, 11) is -3.97. The van der Waals surface area contributed by atoms with E-state index in [1.54, 1.807) is 6.92 Å². The molecule has 0 radical (unpaired) electrons. The van der Waals surface area contributed by atoms with Gasteiger partial charge in [0.25, 0.3) is 10.0 Å². The van der Waals surface area contributed by atoms with Gasteiger partial charge in [0.15, 0.2) is 5.03 Å². The zero-order valence-electron chi connectivity index (χ0n) is 9.04. The second kappa shape index (κ2) is 5.25. The number of hydrogen-bond donors (Lipinski definition) is 4. The van der Waals surface area contributed by atoms with Crippen LogP contribution in [-0.4, -0.2) is 47.2 Å². The number of aryl methyl sites for hydroxylation is 1. The van der Waals surface area contributed by atoms with Crippen LogP contribution in [0.2, 0.25) is 0 Å². The molecule has 1 aromatic heterocycles. The number of nitrogens with one attached hydrogen (secondary N) is 2. The van der Waals surface area contributed by atoms with E-state index in [2.05, 4.69) is 9.97 Å². The highest BCUT2D eigenvalue weighted by Crippen LogP contribution is 2.07. The number of aliphatic hydroxyl groups excluding tert-OH is 1. The molecule has 8 nitrogen and oxygen atoms in total. The summed E-state index contributed by atoms with van der Waals surface area (Å²) >= 11 is 0. The molecule has 0 spiro atoms. The van der Waals surface area contributed by atoms with E-state index in [4.69, 9.17) is 10.2 Å². The summed E-state index contributed by atoms with van der Waals surface area (Å²) in [5.74, 6) is -0.946. The maximum absolute atomic E-state index is 11.7. The van der Waals surface area contributed by atoms with Crippen molar-refractivity contribution in [3.8, 4) is 0 Å². The average molecular weight is 263 g/mol. The molecule has 9 heteroatoms. The van der Waals surface area contributed by atoms with Crippen molar-refractivity contribution in [3.63, 3.8) is 0 Å². The largest absolute Gasteiger partial charge is 0.480 e. The molecule has 0 aliphatic rings. The molecule has 1 atom stereocenters. The van der Waals surface area contributed by atoms with E-state index in [1.807, 2.05) is 4.72 Å². The van der Waals surface area contributed by atoms with Crippen LogP contribution in [0.3, 0.4) is 0 Å². The van der Waals surface area contributed by atoms with E-state index >= 15 is 0 Å². The summed E-state index contributed by atoms with van der Waals surface area (Å²) in [5.41, 5.74) is 0. The molecule has 96 valence electrons. The second-order valence-corrected chi connectivity index (χ2v) is 5.04. The fourth-order valence-corrected chi connectivity index (χ4v) is 2.34. The number of sulfonamides is 1. The standard InChI is InChI=1S/C8H13N3O5S/c1-5-9-4-7(10-5)17(15,16)11-6(2-3-12)8(13)14/h4,6,11-12H,2-3H2,1H3,(H,9,10)(H,13,14)/t6-/m0/s1. The van der Waals surface area contributed by atoms with Crippen molar-refractivity contribution in [2.75, 3.05) is 6.61 Å². The Balaban J connectivity index is 2.88. The molecule has 0 saturated carbocycles. The van der Waals surface area contributed by atoms with Gasteiger partial charge < -0.3 is 15.2 Å². The predicted molar refractivity (Wildman–Crippen MR) is 56.8 cm³/mol. The molecule has 0 saturated heterocycles. The number of aliphatic carboxylic acids is 1. The van der Waals surface area contributed by atoms with Crippen molar-refractivity contribution in [2.45, 2.75) is 24.4 Å². The first kappa shape index (κ1) is 13.6. The molecule has 0 unspecified atom stereocenters. The summed E-state index contributed by atoms with van der Waals surface area (Å²) in [6, 6.07) is -1.37. The van der Waals surface area contributed by atoms with Crippen LogP contribution in [0.4, 0.5) is 0 Å². The number of carboxylic acid groups (broad SMARTS) is 1. The van der Waals surface area contributed by atoms with Crippen LogP contribution in [0.5, 0.6) is 0 Å². The lowest BCUT2D eigenvalue weighted by Gasteiger charge is -2.12. The molecule has 0 aromatic carbocycles. The second-order valence-electron chi connectivity index (χ2n) is 3.36. The van der Waals surface area contributed by atoms with Crippen LogP contribution < -0.4 is 4.72 Å².